The third-order valence-electron chi connectivity index (χ3n) is 5.75. The molecule has 2 heterocycles. The Morgan fingerprint density at radius 1 is 1.11 bits per heavy atom. The fraction of sp³-hybridized carbons (Fsp3) is 0.320. The summed E-state index contributed by atoms with van der Waals surface area (Å²) in [6.45, 7) is 2.03. The maximum atomic E-state index is 12.9. The molecule has 12 nitrogen and oxygen atoms in total. The number of aromatic nitrogens is 2. The van der Waals surface area contributed by atoms with E-state index in [9.17, 15) is 19.5 Å². The van der Waals surface area contributed by atoms with Crippen molar-refractivity contribution in [1.29, 1.82) is 0 Å². The van der Waals surface area contributed by atoms with Crippen molar-refractivity contribution in [3.63, 3.8) is 0 Å². The number of ether oxygens (including phenoxy) is 1. The number of carboxylic acids is 1. The number of carbonyl (C=O) groups excluding carboxylic acids is 2. The van der Waals surface area contributed by atoms with Gasteiger partial charge in [0.1, 0.15) is 18.2 Å². The highest BCUT2D eigenvalue weighted by Crippen LogP contribution is 2.21. The van der Waals surface area contributed by atoms with Crippen LogP contribution in [0.2, 0.25) is 0 Å². The first-order chi connectivity index (χ1) is 18.0. The van der Waals surface area contributed by atoms with Crippen molar-refractivity contribution in [3.05, 3.63) is 65.4 Å². The van der Waals surface area contributed by atoms with Gasteiger partial charge in [-0.3, -0.25) is 14.9 Å². The maximum absolute atomic E-state index is 12.9. The fourth-order valence-corrected chi connectivity index (χ4v) is 3.85. The van der Waals surface area contributed by atoms with Gasteiger partial charge in [0.25, 0.3) is 5.91 Å². The predicted octanol–water partition coefficient (Wildman–Crippen LogP) is 1.15. The second kappa shape index (κ2) is 12.4. The van der Waals surface area contributed by atoms with Crippen molar-refractivity contribution in [3.8, 4) is 0 Å². The van der Waals surface area contributed by atoms with E-state index in [0.717, 1.165) is 55.1 Å². The zero-order valence-corrected chi connectivity index (χ0v) is 20.1. The van der Waals surface area contributed by atoms with Gasteiger partial charge >= 0.3 is 12.1 Å². The summed E-state index contributed by atoms with van der Waals surface area (Å²) < 4.78 is 5.08. The van der Waals surface area contributed by atoms with Gasteiger partial charge < -0.3 is 31.1 Å². The molecule has 2 amide bonds. The Bertz CT molecular complexity index is 1270. The van der Waals surface area contributed by atoms with Crippen LogP contribution >= 0.6 is 0 Å². The Hall–Kier alpha value is -4.61. The third-order valence-corrected chi connectivity index (χ3v) is 5.75. The number of fused-ring (bicyclic) bond motifs is 1. The number of rotatable bonds is 11. The zero-order chi connectivity index (χ0) is 26.0. The number of alkyl carbamates (subject to hydrolysis) is 1. The zero-order valence-electron chi connectivity index (χ0n) is 20.1. The molecule has 0 aliphatic carbocycles. The molecular formula is C25H29N7O5. The van der Waals surface area contributed by atoms with E-state index < -0.39 is 24.0 Å². The van der Waals surface area contributed by atoms with Crippen LogP contribution in [-0.4, -0.2) is 71.5 Å². The minimum atomic E-state index is -1.37. The molecule has 12 heteroatoms. The molecule has 0 bridgehead atoms. The van der Waals surface area contributed by atoms with Crippen molar-refractivity contribution in [2.45, 2.75) is 25.5 Å². The number of nitrogens with zero attached hydrogens (tertiary/aromatic N) is 2. The van der Waals surface area contributed by atoms with Crippen LogP contribution in [0.3, 0.4) is 0 Å². The van der Waals surface area contributed by atoms with Crippen molar-refractivity contribution in [1.82, 2.24) is 31.5 Å². The van der Waals surface area contributed by atoms with E-state index in [1.54, 1.807) is 36.4 Å². The number of aliphatic imine (C=N–C) groups is 1. The van der Waals surface area contributed by atoms with Crippen LogP contribution in [0.5, 0.6) is 0 Å². The maximum Gasteiger partial charge on any atom is 0.408 e. The molecule has 0 spiro atoms. The second-order valence-electron chi connectivity index (χ2n) is 8.40. The van der Waals surface area contributed by atoms with E-state index >= 15 is 0 Å². The quantitative estimate of drug-likeness (QED) is 0.210. The molecule has 6 N–H and O–H groups in total. The van der Waals surface area contributed by atoms with Crippen LogP contribution in [0.1, 0.15) is 28.0 Å². The second-order valence-corrected chi connectivity index (χ2v) is 8.40. The third kappa shape index (κ3) is 6.97. The summed E-state index contributed by atoms with van der Waals surface area (Å²) in [6.07, 6.45) is 0.661. The molecule has 4 rings (SSSR count). The lowest BCUT2D eigenvalue weighted by Gasteiger charge is -2.15. The highest BCUT2D eigenvalue weighted by atomic mass is 16.5. The van der Waals surface area contributed by atoms with Crippen LogP contribution in [0, 0.1) is 0 Å². The number of para-hydroxylation sites is 1. The van der Waals surface area contributed by atoms with Crippen molar-refractivity contribution < 1.29 is 24.2 Å². The number of nitrogens with one attached hydrogen (secondary N) is 5. The Morgan fingerprint density at radius 3 is 2.70 bits per heavy atom. The fourth-order valence-electron chi connectivity index (χ4n) is 3.85. The normalized spacial score (nSPS) is 13.4. The molecule has 0 saturated heterocycles. The van der Waals surface area contributed by atoms with E-state index in [-0.39, 0.29) is 13.2 Å². The minimum Gasteiger partial charge on any atom is -0.480 e. The number of hydrogen-bond acceptors (Lipinski definition) is 8. The van der Waals surface area contributed by atoms with Gasteiger partial charge in [-0.05, 0) is 24.5 Å². The molecular weight excluding hydrogens is 478 g/mol. The van der Waals surface area contributed by atoms with E-state index in [4.69, 9.17) is 4.74 Å². The molecule has 1 unspecified atom stereocenters. The van der Waals surface area contributed by atoms with Crippen LogP contribution in [0.4, 0.5) is 4.79 Å². The van der Waals surface area contributed by atoms with Gasteiger partial charge in [-0.15, -0.1) is 0 Å². The number of aromatic amines is 1. The largest absolute Gasteiger partial charge is 0.480 e. The van der Waals surface area contributed by atoms with Gasteiger partial charge in [0, 0.05) is 30.7 Å². The molecule has 2 aromatic carbocycles. The topological polar surface area (TPSA) is 170 Å². The number of guanidine groups is 1. The number of benzene rings is 2. The summed E-state index contributed by atoms with van der Waals surface area (Å²) in [5.41, 5.74) is 2.46. The van der Waals surface area contributed by atoms with Gasteiger partial charge in [0.2, 0.25) is 0 Å². The van der Waals surface area contributed by atoms with Crippen molar-refractivity contribution in [2.24, 2.45) is 4.99 Å². The van der Waals surface area contributed by atoms with Gasteiger partial charge in [-0.1, -0.05) is 42.5 Å². The first kappa shape index (κ1) is 25.5. The molecule has 0 saturated carbocycles. The summed E-state index contributed by atoms with van der Waals surface area (Å²) >= 11 is 0. The molecule has 3 aromatic rings. The first-order valence-corrected chi connectivity index (χ1v) is 12.0. The van der Waals surface area contributed by atoms with Crippen molar-refractivity contribution >= 4 is 34.8 Å². The summed E-state index contributed by atoms with van der Waals surface area (Å²) in [5.74, 6) is -0.988. The molecule has 0 fully saturated rings. The smallest absolute Gasteiger partial charge is 0.408 e. The first-order valence-electron chi connectivity index (χ1n) is 12.0. The summed E-state index contributed by atoms with van der Waals surface area (Å²) in [6, 6.07) is 12.9. The standard InChI is InChI=1S/C25H29N7O5/c33-22(29-14-20(23(34)35)30-25(36)37-15-16-6-2-1-3-7-16)18-9-4-8-17-19(31-32-21(17)18)10-5-11-26-24-27-12-13-28-24/h1-4,6-9,20H,5,10-15H2,(H,29,33)(H,30,36)(H,31,32)(H,34,35)(H2,26,27,28). The molecule has 194 valence electrons. The van der Waals surface area contributed by atoms with Gasteiger partial charge in [0.15, 0.2) is 5.96 Å². The van der Waals surface area contributed by atoms with E-state index in [2.05, 4.69) is 36.5 Å². The molecule has 1 atom stereocenters. The van der Waals surface area contributed by atoms with Crippen LogP contribution < -0.4 is 21.3 Å². The van der Waals surface area contributed by atoms with Gasteiger partial charge in [-0.25, -0.2) is 9.59 Å². The number of carbonyl (C=O) groups is 3. The van der Waals surface area contributed by atoms with Crippen molar-refractivity contribution in [2.75, 3.05) is 26.2 Å². The average Bonchev–Trinajstić information content (AvgIpc) is 3.58. The number of hydrogen-bond donors (Lipinski definition) is 6. The molecule has 37 heavy (non-hydrogen) atoms. The molecule has 0 radical (unpaired) electrons. The Balaban J connectivity index is 1.30. The van der Waals surface area contributed by atoms with Gasteiger partial charge in [0.05, 0.1) is 12.1 Å². The summed E-state index contributed by atoms with van der Waals surface area (Å²) in [5, 5.41) is 28.9. The number of H-pyrrole nitrogens is 1. The number of aryl methyl sites for hydroxylation is 1. The molecule has 1 aromatic heterocycles. The predicted molar refractivity (Wildman–Crippen MR) is 136 cm³/mol. The monoisotopic (exact) mass is 507 g/mol. The lowest BCUT2D eigenvalue weighted by atomic mass is 10.1. The Morgan fingerprint density at radius 2 is 1.95 bits per heavy atom. The highest BCUT2D eigenvalue weighted by molar-refractivity contribution is 6.06. The summed E-state index contributed by atoms with van der Waals surface area (Å²) in [7, 11) is 0. The molecule has 1 aliphatic heterocycles. The van der Waals surface area contributed by atoms with Crippen LogP contribution in [-0.2, 0) is 22.6 Å². The van der Waals surface area contributed by atoms with E-state index in [0.29, 0.717) is 11.1 Å². The van der Waals surface area contributed by atoms with E-state index in [1.807, 2.05) is 12.1 Å². The Kier molecular flexibility index (Phi) is 8.53. The average molecular weight is 508 g/mol. The number of aliphatic carboxylic acids is 1. The highest BCUT2D eigenvalue weighted by Gasteiger charge is 2.23. The number of amides is 2. The SMILES string of the molecule is O=C(NC(CNC(=O)c1cccc2c(CCCNC3=NCCN3)[nH]nc12)C(=O)O)OCc1ccccc1. The van der Waals surface area contributed by atoms with Crippen LogP contribution in [0.15, 0.2) is 53.5 Å². The van der Waals surface area contributed by atoms with Crippen LogP contribution in [0.25, 0.3) is 10.9 Å². The number of carboxylic acid groups (broad SMARTS) is 1. The molecule has 1 aliphatic rings. The lowest BCUT2D eigenvalue weighted by molar-refractivity contribution is -0.139. The lowest BCUT2D eigenvalue weighted by Crippen LogP contribution is -2.48. The summed E-state index contributed by atoms with van der Waals surface area (Å²) in [4.78, 5) is 40.9. The van der Waals surface area contributed by atoms with Gasteiger partial charge in [-0.2, -0.15) is 5.10 Å². The van der Waals surface area contributed by atoms with E-state index in [1.165, 1.54) is 0 Å². The Labute approximate surface area is 212 Å². The minimum absolute atomic E-state index is 0.00341.